The Morgan fingerprint density at radius 2 is 1.53 bits per heavy atom. The molecule has 0 aliphatic carbocycles. The van der Waals surface area contributed by atoms with Crippen molar-refractivity contribution in [3.8, 4) is 16.8 Å². The minimum atomic E-state index is -1.33. The van der Waals surface area contributed by atoms with Gasteiger partial charge in [-0.2, -0.15) is 0 Å². The molecule has 4 aromatic carbocycles. The molecule has 7 rings (SSSR count). The largest absolute Gasteiger partial charge is 0.336 e. The molecule has 0 bridgehead atoms. The molecule has 5 heteroatoms. The first-order valence-corrected chi connectivity index (χ1v) is 11.9. The van der Waals surface area contributed by atoms with Crippen molar-refractivity contribution >= 4 is 10.9 Å². The third-order valence-electron chi connectivity index (χ3n) is 7.20. The molecule has 1 spiro atoms. The molecule has 2 aliphatic rings. The highest BCUT2D eigenvalue weighted by atomic mass is 16.8. The van der Waals surface area contributed by atoms with Crippen molar-refractivity contribution in [3.63, 3.8) is 0 Å². The van der Waals surface area contributed by atoms with Crippen LogP contribution in [0.3, 0.4) is 0 Å². The number of hydrogen-bond acceptors (Lipinski definition) is 4. The molecule has 0 amide bonds. The summed E-state index contributed by atoms with van der Waals surface area (Å²) in [5.41, 5.74) is 4.21. The summed E-state index contributed by atoms with van der Waals surface area (Å²) in [6, 6.07) is 33.5. The summed E-state index contributed by atoms with van der Waals surface area (Å²) in [7, 11) is 0. The molecule has 5 aromatic rings. The van der Waals surface area contributed by atoms with Crippen LogP contribution in [0.2, 0.25) is 0 Å². The summed E-state index contributed by atoms with van der Waals surface area (Å²) in [6.07, 6.45) is 1.78. The molecule has 2 aliphatic heterocycles. The fourth-order valence-corrected chi connectivity index (χ4v) is 5.35. The van der Waals surface area contributed by atoms with Crippen molar-refractivity contribution in [1.29, 1.82) is 0 Å². The van der Waals surface area contributed by atoms with E-state index in [0.717, 1.165) is 27.9 Å². The Labute approximate surface area is 207 Å². The minimum absolute atomic E-state index is 0.143. The lowest BCUT2D eigenvalue weighted by atomic mass is 9.92. The second-order valence-electron chi connectivity index (χ2n) is 9.15. The van der Waals surface area contributed by atoms with Crippen molar-refractivity contribution in [2.75, 3.05) is 6.61 Å². The molecule has 174 valence electrons. The Morgan fingerprint density at radius 3 is 2.33 bits per heavy atom. The van der Waals surface area contributed by atoms with Gasteiger partial charge < -0.3 is 9.47 Å². The minimum Gasteiger partial charge on any atom is -0.336 e. The molecule has 1 aromatic heterocycles. The van der Waals surface area contributed by atoms with E-state index in [9.17, 15) is 4.79 Å². The maximum absolute atomic E-state index is 13.6. The van der Waals surface area contributed by atoms with E-state index >= 15 is 0 Å². The molecule has 3 heterocycles. The number of para-hydroxylation sites is 2. The fourth-order valence-electron chi connectivity index (χ4n) is 5.35. The topological polar surface area (TPSA) is 53.4 Å². The summed E-state index contributed by atoms with van der Waals surface area (Å²) in [6.45, 7) is 4.35. The second kappa shape index (κ2) is 7.59. The van der Waals surface area contributed by atoms with Gasteiger partial charge in [0.05, 0.1) is 23.2 Å². The standard InChI is InChI=1S/C31H22N2O3/c1-2-30(23-18-16-22(17-19-23)21-10-4-3-5-11-21)20-35-31(36-30)25-13-7-9-15-27(25)33-28(34)24-12-6-8-14-26(24)32-29(31)33/h2-19H,1,20H2. The van der Waals surface area contributed by atoms with Gasteiger partial charge in [0.2, 0.25) is 0 Å². The first kappa shape index (κ1) is 21.0. The van der Waals surface area contributed by atoms with Crippen LogP contribution in [0.5, 0.6) is 0 Å². The van der Waals surface area contributed by atoms with Gasteiger partial charge in [0.25, 0.3) is 11.3 Å². The number of ether oxygens (including phenoxy) is 2. The highest BCUT2D eigenvalue weighted by Crippen LogP contribution is 2.53. The number of rotatable bonds is 3. The summed E-state index contributed by atoms with van der Waals surface area (Å²) < 4.78 is 15.0. The smallest absolute Gasteiger partial charge is 0.266 e. The first-order chi connectivity index (χ1) is 17.7. The summed E-state index contributed by atoms with van der Waals surface area (Å²) in [4.78, 5) is 18.5. The van der Waals surface area contributed by atoms with Gasteiger partial charge in [-0.05, 0) is 34.9 Å². The molecular formula is C31H22N2O3. The fraction of sp³-hybridized carbons (Fsp3) is 0.0968. The Balaban J connectivity index is 1.38. The predicted molar refractivity (Wildman–Crippen MR) is 139 cm³/mol. The average Bonchev–Trinajstić information content (AvgIpc) is 3.47. The molecule has 2 atom stereocenters. The van der Waals surface area contributed by atoms with Crippen LogP contribution >= 0.6 is 0 Å². The van der Waals surface area contributed by atoms with Gasteiger partial charge >= 0.3 is 0 Å². The molecule has 5 nitrogen and oxygen atoms in total. The molecule has 0 radical (unpaired) electrons. The Morgan fingerprint density at radius 1 is 0.833 bits per heavy atom. The van der Waals surface area contributed by atoms with Crippen molar-refractivity contribution < 1.29 is 9.47 Å². The van der Waals surface area contributed by atoms with Crippen LogP contribution in [0.15, 0.2) is 121 Å². The van der Waals surface area contributed by atoms with Gasteiger partial charge in [0.1, 0.15) is 5.60 Å². The van der Waals surface area contributed by atoms with Crippen LogP contribution in [0.25, 0.3) is 27.7 Å². The van der Waals surface area contributed by atoms with Gasteiger partial charge in [-0.15, -0.1) is 0 Å². The van der Waals surface area contributed by atoms with Crippen molar-refractivity contribution in [1.82, 2.24) is 9.55 Å². The number of nitrogens with zero attached hydrogens (tertiary/aromatic N) is 2. The third-order valence-corrected chi connectivity index (χ3v) is 7.20. The van der Waals surface area contributed by atoms with Crippen LogP contribution in [0.4, 0.5) is 0 Å². The predicted octanol–water partition coefficient (Wildman–Crippen LogP) is 5.70. The van der Waals surface area contributed by atoms with Crippen LogP contribution in [-0.4, -0.2) is 16.2 Å². The molecular weight excluding hydrogens is 448 g/mol. The monoisotopic (exact) mass is 470 g/mol. The molecule has 2 unspecified atom stereocenters. The van der Waals surface area contributed by atoms with E-state index in [2.05, 4.69) is 30.8 Å². The lowest BCUT2D eigenvalue weighted by Crippen LogP contribution is -2.34. The Bertz CT molecular complexity index is 1710. The van der Waals surface area contributed by atoms with Gasteiger partial charge in [-0.1, -0.05) is 97.6 Å². The zero-order valence-electron chi connectivity index (χ0n) is 19.4. The SMILES string of the molecule is C=CC1(c2ccc(-c3ccccc3)cc2)COC2(O1)c1ccccc1-n1c2nc2ccccc2c1=O. The van der Waals surface area contributed by atoms with Crippen LogP contribution in [-0.2, 0) is 20.9 Å². The molecule has 1 saturated heterocycles. The lowest BCUT2D eigenvalue weighted by molar-refractivity contribution is -0.159. The van der Waals surface area contributed by atoms with Gasteiger partial charge in [0.15, 0.2) is 5.82 Å². The zero-order chi connectivity index (χ0) is 24.3. The van der Waals surface area contributed by atoms with Crippen LogP contribution in [0.1, 0.15) is 17.0 Å². The van der Waals surface area contributed by atoms with Crippen LogP contribution < -0.4 is 5.56 Å². The van der Waals surface area contributed by atoms with Gasteiger partial charge in [-0.25, -0.2) is 4.98 Å². The first-order valence-electron chi connectivity index (χ1n) is 11.9. The molecule has 0 saturated carbocycles. The van der Waals surface area contributed by atoms with E-state index in [1.54, 1.807) is 16.7 Å². The quantitative estimate of drug-likeness (QED) is 0.318. The van der Waals surface area contributed by atoms with E-state index in [-0.39, 0.29) is 12.2 Å². The molecule has 0 N–H and O–H groups in total. The maximum Gasteiger partial charge on any atom is 0.266 e. The van der Waals surface area contributed by atoms with Crippen molar-refractivity contribution in [3.05, 3.63) is 143 Å². The van der Waals surface area contributed by atoms with Gasteiger partial charge in [0, 0.05) is 5.56 Å². The normalized spacial score (nSPS) is 22.0. The Kier molecular flexibility index (Phi) is 4.43. The summed E-state index contributed by atoms with van der Waals surface area (Å²) >= 11 is 0. The lowest BCUT2D eigenvalue weighted by Gasteiger charge is -2.28. The van der Waals surface area contributed by atoms with E-state index in [1.165, 1.54) is 0 Å². The number of benzene rings is 4. The van der Waals surface area contributed by atoms with E-state index in [1.807, 2.05) is 72.8 Å². The highest BCUT2D eigenvalue weighted by molar-refractivity contribution is 5.79. The molecule has 36 heavy (non-hydrogen) atoms. The van der Waals surface area contributed by atoms with E-state index < -0.39 is 11.4 Å². The van der Waals surface area contributed by atoms with E-state index in [4.69, 9.17) is 14.5 Å². The van der Waals surface area contributed by atoms with Crippen molar-refractivity contribution in [2.24, 2.45) is 0 Å². The summed E-state index contributed by atoms with van der Waals surface area (Å²) in [5.74, 6) is -0.899. The molecule has 1 fully saturated rings. The number of aromatic nitrogens is 2. The number of hydrogen-bond donors (Lipinski definition) is 0. The Hall–Kier alpha value is -4.32. The number of fused-ring (bicyclic) bond motifs is 6. The second-order valence-corrected chi connectivity index (χ2v) is 9.15. The zero-order valence-corrected chi connectivity index (χ0v) is 19.4. The van der Waals surface area contributed by atoms with E-state index in [0.29, 0.717) is 16.7 Å². The van der Waals surface area contributed by atoms with Gasteiger partial charge in [-0.3, -0.25) is 9.36 Å². The highest BCUT2D eigenvalue weighted by Gasteiger charge is 2.58. The third kappa shape index (κ3) is 2.78. The summed E-state index contributed by atoms with van der Waals surface area (Å²) in [5, 5.41) is 0.553. The van der Waals surface area contributed by atoms with Crippen molar-refractivity contribution in [2.45, 2.75) is 11.4 Å². The average molecular weight is 471 g/mol. The maximum atomic E-state index is 13.6. The van der Waals surface area contributed by atoms with Crippen LogP contribution in [0, 0.1) is 0 Å².